The molecule has 0 spiro atoms. The maximum atomic E-state index is 11.3. The lowest BCUT2D eigenvalue weighted by molar-refractivity contribution is 0.0697. The molecule has 0 heterocycles. The predicted molar refractivity (Wildman–Crippen MR) is 159 cm³/mol. The molecule has 3 rings (SSSR count). The Labute approximate surface area is 224 Å². The van der Waals surface area contributed by atoms with E-state index in [2.05, 4.69) is 89.8 Å². The molecule has 0 bridgehead atoms. The summed E-state index contributed by atoms with van der Waals surface area (Å²) in [6.07, 6.45) is 4.74. The van der Waals surface area contributed by atoms with E-state index >= 15 is 0 Å². The van der Waals surface area contributed by atoms with Gasteiger partial charge in [-0.15, -0.1) is 0 Å². The number of anilines is 1. The number of aromatic carboxylic acids is 1. The van der Waals surface area contributed by atoms with Crippen molar-refractivity contribution >= 4 is 11.7 Å². The van der Waals surface area contributed by atoms with Crippen molar-refractivity contribution in [3.05, 3.63) is 77.4 Å². The Hall–Kier alpha value is -3.07. The highest BCUT2D eigenvalue weighted by Crippen LogP contribution is 2.38. The van der Waals surface area contributed by atoms with E-state index in [9.17, 15) is 9.90 Å². The van der Waals surface area contributed by atoms with E-state index in [-0.39, 0.29) is 5.41 Å². The number of rotatable bonds is 11. The van der Waals surface area contributed by atoms with Crippen LogP contribution in [0.25, 0.3) is 22.3 Å². The number of unbranched alkanes of at least 4 members (excludes halogenated alkanes) is 1. The van der Waals surface area contributed by atoms with E-state index in [0.29, 0.717) is 5.56 Å². The van der Waals surface area contributed by atoms with Crippen LogP contribution in [0.1, 0.15) is 89.2 Å². The molecule has 3 aromatic carbocycles. The molecule has 1 N–H and O–H groups in total. The van der Waals surface area contributed by atoms with Gasteiger partial charge in [0, 0.05) is 18.8 Å². The van der Waals surface area contributed by atoms with Crippen LogP contribution in [0, 0.1) is 5.92 Å². The summed E-state index contributed by atoms with van der Waals surface area (Å²) in [5.74, 6) is -0.162. The molecule has 0 radical (unpaired) electrons. The fraction of sp³-hybridized carbons (Fsp3) is 0.441. The fourth-order valence-electron chi connectivity index (χ4n) is 5.06. The Kier molecular flexibility index (Phi) is 9.59. The van der Waals surface area contributed by atoms with Crippen molar-refractivity contribution in [2.75, 3.05) is 18.0 Å². The Morgan fingerprint density at radius 2 is 1.46 bits per heavy atom. The third-order valence-corrected chi connectivity index (χ3v) is 7.27. The van der Waals surface area contributed by atoms with Crippen molar-refractivity contribution in [1.82, 2.24) is 0 Å². The number of carboxylic acids is 1. The smallest absolute Gasteiger partial charge is 0.335 e. The normalized spacial score (nSPS) is 11.7. The van der Waals surface area contributed by atoms with Gasteiger partial charge in [-0.1, -0.05) is 77.8 Å². The second-order valence-corrected chi connectivity index (χ2v) is 11.5. The Balaban J connectivity index is 2.10. The highest BCUT2D eigenvalue weighted by Gasteiger charge is 2.22. The minimum Gasteiger partial charge on any atom is -0.478 e. The van der Waals surface area contributed by atoms with Crippen LogP contribution >= 0.6 is 0 Å². The second-order valence-electron chi connectivity index (χ2n) is 11.5. The number of carboxylic acid groups (broad SMARTS) is 1. The van der Waals surface area contributed by atoms with Gasteiger partial charge in [-0.3, -0.25) is 0 Å². The zero-order chi connectivity index (χ0) is 27.2. The van der Waals surface area contributed by atoms with Gasteiger partial charge in [-0.25, -0.2) is 4.79 Å². The van der Waals surface area contributed by atoms with Gasteiger partial charge in [0.15, 0.2) is 0 Å². The third-order valence-electron chi connectivity index (χ3n) is 7.27. The third kappa shape index (κ3) is 7.25. The van der Waals surface area contributed by atoms with Gasteiger partial charge < -0.3 is 10.0 Å². The standard InChI is InChI=1S/C34H45NO2/c1-8-35(9-2)32-21-20-29(23-31(32)34(5,6)7)30-22-28(25-14-17-27(18-15-25)33(36)37)19-16-26(30)13-11-10-12-24(3)4/h14-24H,8-13H2,1-7H3,(H,36,37). The molecule has 3 aromatic rings. The zero-order valence-electron chi connectivity index (χ0n) is 23.9. The summed E-state index contributed by atoms with van der Waals surface area (Å²) in [6, 6.07) is 21.0. The van der Waals surface area contributed by atoms with E-state index in [1.807, 2.05) is 12.1 Å². The molecule has 0 aromatic heterocycles. The molecule has 0 fully saturated rings. The van der Waals surface area contributed by atoms with Crippen LogP contribution in [0.4, 0.5) is 5.69 Å². The van der Waals surface area contributed by atoms with Gasteiger partial charge in [0.2, 0.25) is 0 Å². The van der Waals surface area contributed by atoms with Crippen molar-refractivity contribution in [3.8, 4) is 22.3 Å². The van der Waals surface area contributed by atoms with Crippen molar-refractivity contribution in [2.45, 2.75) is 79.6 Å². The number of benzene rings is 3. The van der Waals surface area contributed by atoms with Crippen LogP contribution in [0.5, 0.6) is 0 Å². The van der Waals surface area contributed by atoms with Crippen LogP contribution in [-0.4, -0.2) is 24.2 Å². The van der Waals surface area contributed by atoms with Gasteiger partial charge in [0.25, 0.3) is 0 Å². The molecule has 37 heavy (non-hydrogen) atoms. The maximum Gasteiger partial charge on any atom is 0.335 e. The van der Waals surface area contributed by atoms with Crippen molar-refractivity contribution in [3.63, 3.8) is 0 Å². The van der Waals surface area contributed by atoms with Crippen molar-refractivity contribution in [1.29, 1.82) is 0 Å². The topological polar surface area (TPSA) is 40.5 Å². The summed E-state index contributed by atoms with van der Waals surface area (Å²) in [5.41, 5.74) is 9.09. The zero-order valence-corrected chi connectivity index (χ0v) is 23.9. The van der Waals surface area contributed by atoms with Crippen LogP contribution in [0.15, 0.2) is 60.7 Å². The molecule has 0 atom stereocenters. The molecule has 0 aliphatic heterocycles. The molecule has 0 saturated heterocycles. The number of hydrogen-bond acceptors (Lipinski definition) is 2. The molecular formula is C34H45NO2. The van der Waals surface area contributed by atoms with E-state index in [1.54, 1.807) is 12.1 Å². The minimum atomic E-state index is -0.896. The van der Waals surface area contributed by atoms with Gasteiger partial charge in [-0.05, 0) is 102 Å². The van der Waals surface area contributed by atoms with Gasteiger partial charge >= 0.3 is 5.97 Å². The number of carbonyl (C=O) groups is 1. The highest BCUT2D eigenvalue weighted by atomic mass is 16.4. The molecule has 198 valence electrons. The summed E-state index contributed by atoms with van der Waals surface area (Å²) in [4.78, 5) is 13.8. The molecule has 0 unspecified atom stereocenters. The van der Waals surface area contributed by atoms with Crippen molar-refractivity contribution < 1.29 is 9.90 Å². The largest absolute Gasteiger partial charge is 0.478 e. The lowest BCUT2D eigenvalue weighted by Crippen LogP contribution is -2.26. The van der Waals surface area contributed by atoms with E-state index < -0.39 is 5.97 Å². The van der Waals surface area contributed by atoms with E-state index in [0.717, 1.165) is 36.6 Å². The molecule has 3 nitrogen and oxygen atoms in total. The molecule has 0 aliphatic rings. The maximum absolute atomic E-state index is 11.3. The van der Waals surface area contributed by atoms with Crippen LogP contribution in [0.2, 0.25) is 0 Å². The Morgan fingerprint density at radius 3 is 2.03 bits per heavy atom. The SMILES string of the molecule is CCN(CC)c1ccc(-c2cc(-c3ccc(C(=O)O)cc3)ccc2CCCCC(C)C)cc1C(C)(C)C. The number of nitrogens with zero attached hydrogens (tertiary/aromatic N) is 1. The summed E-state index contributed by atoms with van der Waals surface area (Å²) in [5, 5.41) is 9.30. The first-order chi connectivity index (χ1) is 17.5. The lowest BCUT2D eigenvalue weighted by Gasteiger charge is -2.31. The predicted octanol–water partition coefficient (Wildman–Crippen LogP) is 9.23. The van der Waals surface area contributed by atoms with E-state index in [1.165, 1.54) is 47.2 Å². The summed E-state index contributed by atoms with van der Waals surface area (Å²) < 4.78 is 0. The first kappa shape index (κ1) is 28.5. The first-order valence-electron chi connectivity index (χ1n) is 13.9. The monoisotopic (exact) mass is 499 g/mol. The van der Waals surface area contributed by atoms with Crippen LogP contribution < -0.4 is 4.90 Å². The average molecular weight is 500 g/mol. The molecule has 0 amide bonds. The molecule has 0 aliphatic carbocycles. The first-order valence-corrected chi connectivity index (χ1v) is 13.9. The summed E-state index contributed by atoms with van der Waals surface area (Å²) in [7, 11) is 0. The number of hydrogen-bond donors (Lipinski definition) is 1. The van der Waals surface area contributed by atoms with Gasteiger partial charge in [0.1, 0.15) is 0 Å². The average Bonchev–Trinajstić information content (AvgIpc) is 2.87. The van der Waals surface area contributed by atoms with Gasteiger partial charge in [-0.2, -0.15) is 0 Å². The Morgan fingerprint density at radius 1 is 0.838 bits per heavy atom. The fourth-order valence-corrected chi connectivity index (χ4v) is 5.06. The van der Waals surface area contributed by atoms with Crippen molar-refractivity contribution in [2.24, 2.45) is 5.92 Å². The Bertz CT molecular complexity index is 1180. The van der Waals surface area contributed by atoms with E-state index in [4.69, 9.17) is 0 Å². The van der Waals surface area contributed by atoms with Crippen LogP contribution in [0.3, 0.4) is 0 Å². The highest BCUT2D eigenvalue weighted by molar-refractivity contribution is 5.88. The second kappa shape index (κ2) is 12.4. The van der Waals surface area contributed by atoms with Gasteiger partial charge in [0.05, 0.1) is 5.56 Å². The summed E-state index contributed by atoms with van der Waals surface area (Å²) in [6.45, 7) is 17.9. The minimum absolute atomic E-state index is 0.0234. The number of aryl methyl sites for hydroxylation is 1. The lowest BCUT2D eigenvalue weighted by atomic mass is 9.82. The molecular weight excluding hydrogens is 454 g/mol. The quantitative estimate of drug-likeness (QED) is 0.267. The van der Waals surface area contributed by atoms with Crippen LogP contribution in [-0.2, 0) is 11.8 Å². The molecule has 3 heteroatoms. The summed E-state index contributed by atoms with van der Waals surface area (Å²) >= 11 is 0. The molecule has 0 saturated carbocycles.